The summed E-state index contributed by atoms with van der Waals surface area (Å²) < 4.78 is 15.1. The molecule has 17 heavy (non-hydrogen) atoms. The summed E-state index contributed by atoms with van der Waals surface area (Å²) in [5.74, 6) is -0.809. The Balaban J connectivity index is 2.10. The largest absolute Gasteiger partial charge is 0.458 e. The first-order valence-corrected chi connectivity index (χ1v) is 5.35. The van der Waals surface area contributed by atoms with Crippen molar-refractivity contribution in [2.45, 2.75) is 6.10 Å². The van der Waals surface area contributed by atoms with Gasteiger partial charge in [0, 0.05) is 0 Å². The van der Waals surface area contributed by atoms with Crippen molar-refractivity contribution >= 4 is 11.9 Å². The molecule has 1 atom stereocenters. The summed E-state index contributed by atoms with van der Waals surface area (Å²) in [5.41, 5.74) is 1.60. The molecule has 1 aromatic carbocycles. The second kappa shape index (κ2) is 3.85. The first-order chi connectivity index (χ1) is 8.25. The van der Waals surface area contributed by atoms with Crippen molar-refractivity contribution in [2.75, 3.05) is 19.8 Å². The minimum atomic E-state index is -0.406. The molecule has 4 rings (SSSR count). The predicted molar refractivity (Wildman–Crippen MR) is 55.7 cm³/mol. The Morgan fingerprint density at radius 2 is 1.76 bits per heavy atom. The van der Waals surface area contributed by atoms with Crippen LogP contribution in [0.2, 0.25) is 0 Å². The van der Waals surface area contributed by atoms with Gasteiger partial charge in [0.1, 0.15) is 19.3 Å². The van der Waals surface area contributed by atoms with Gasteiger partial charge in [0.15, 0.2) is 0 Å². The van der Waals surface area contributed by atoms with Gasteiger partial charge in [-0.3, -0.25) is 0 Å². The van der Waals surface area contributed by atoms with Gasteiger partial charge in [0.2, 0.25) is 0 Å². The molecule has 0 spiro atoms. The Kier molecular flexibility index (Phi) is 2.33. The van der Waals surface area contributed by atoms with Crippen LogP contribution in [0, 0.1) is 0 Å². The van der Waals surface area contributed by atoms with Gasteiger partial charge in [-0.25, -0.2) is 9.59 Å². The van der Waals surface area contributed by atoms with E-state index in [1.165, 1.54) is 0 Å². The average Bonchev–Trinajstić information content (AvgIpc) is 3.17. The quantitative estimate of drug-likeness (QED) is 0.537. The lowest BCUT2D eigenvalue weighted by atomic mass is 10.0. The van der Waals surface area contributed by atoms with Crippen molar-refractivity contribution in [3.63, 3.8) is 0 Å². The van der Waals surface area contributed by atoms with Crippen LogP contribution in [0.15, 0.2) is 18.2 Å². The fourth-order valence-corrected chi connectivity index (χ4v) is 1.80. The summed E-state index contributed by atoms with van der Waals surface area (Å²) in [7, 11) is 0. The smallest absolute Gasteiger partial charge is 0.338 e. The third kappa shape index (κ3) is 1.89. The summed E-state index contributed by atoms with van der Waals surface area (Å²) in [6, 6.07) is 4.79. The molecule has 3 aliphatic heterocycles. The Morgan fingerprint density at radius 1 is 1.06 bits per heavy atom. The molecule has 0 aromatic heterocycles. The molecule has 0 radical (unpaired) electrons. The minimum Gasteiger partial charge on any atom is -0.458 e. The third-order valence-corrected chi connectivity index (χ3v) is 2.74. The van der Waals surface area contributed by atoms with Crippen molar-refractivity contribution in [1.82, 2.24) is 0 Å². The molecule has 3 heterocycles. The average molecular weight is 234 g/mol. The van der Waals surface area contributed by atoms with Crippen LogP contribution in [0.5, 0.6) is 0 Å². The molecule has 0 aliphatic carbocycles. The van der Waals surface area contributed by atoms with Crippen LogP contribution in [0.3, 0.4) is 0 Å². The highest BCUT2D eigenvalue weighted by Crippen LogP contribution is 2.33. The molecule has 5 heteroatoms. The molecule has 0 amide bonds. The van der Waals surface area contributed by atoms with E-state index >= 15 is 0 Å². The van der Waals surface area contributed by atoms with Crippen molar-refractivity contribution in [3.05, 3.63) is 34.9 Å². The summed E-state index contributed by atoms with van der Waals surface area (Å²) in [4.78, 5) is 23.4. The molecule has 2 bridgehead atoms. The lowest BCUT2D eigenvalue weighted by molar-refractivity contribution is 0.0258. The lowest BCUT2D eigenvalue weighted by Crippen LogP contribution is -2.18. The van der Waals surface area contributed by atoms with Gasteiger partial charge in [0.05, 0.1) is 17.7 Å². The second-order valence-electron chi connectivity index (χ2n) is 3.90. The standard InChI is InChI=1S/C12H10O5/c13-11-7-1-2-8(9(5-7)10-6-17-10)12(14)16-4-3-15-11/h1-2,5,10H,3-4,6H2. The number of carbonyl (C=O) groups is 2. The van der Waals surface area contributed by atoms with E-state index in [0.29, 0.717) is 23.3 Å². The first kappa shape index (κ1) is 10.3. The van der Waals surface area contributed by atoms with Crippen LogP contribution in [-0.4, -0.2) is 31.8 Å². The van der Waals surface area contributed by atoms with Crippen LogP contribution in [0.25, 0.3) is 0 Å². The third-order valence-electron chi connectivity index (χ3n) is 2.74. The van der Waals surface area contributed by atoms with E-state index in [9.17, 15) is 9.59 Å². The van der Waals surface area contributed by atoms with E-state index in [-0.39, 0.29) is 19.3 Å². The topological polar surface area (TPSA) is 65.1 Å². The molecular weight excluding hydrogens is 224 g/mol. The Hall–Kier alpha value is -1.88. The Bertz CT molecular complexity index is 490. The minimum absolute atomic E-state index is 0.0774. The van der Waals surface area contributed by atoms with Crippen LogP contribution >= 0.6 is 0 Å². The van der Waals surface area contributed by atoms with E-state index in [1.54, 1.807) is 18.2 Å². The van der Waals surface area contributed by atoms with E-state index in [1.807, 2.05) is 0 Å². The van der Waals surface area contributed by atoms with Crippen LogP contribution in [0.1, 0.15) is 32.4 Å². The highest BCUT2D eigenvalue weighted by Gasteiger charge is 2.31. The number of fused-ring (bicyclic) bond motifs is 7. The van der Waals surface area contributed by atoms with Crippen LogP contribution in [0.4, 0.5) is 0 Å². The van der Waals surface area contributed by atoms with Gasteiger partial charge < -0.3 is 14.2 Å². The zero-order valence-electron chi connectivity index (χ0n) is 8.97. The van der Waals surface area contributed by atoms with Crippen molar-refractivity contribution in [1.29, 1.82) is 0 Å². The van der Waals surface area contributed by atoms with Gasteiger partial charge in [-0.1, -0.05) is 0 Å². The molecule has 5 nitrogen and oxygen atoms in total. The van der Waals surface area contributed by atoms with Crippen molar-refractivity contribution < 1.29 is 23.8 Å². The molecule has 0 N–H and O–H groups in total. The highest BCUT2D eigenvalue weighted by molar-refractivity contribution is 5.95. The maximum Gasteiger partial charge on any atom is 0.338 e. The molecule has 3 aliphatic rings. The fourth-order valence-electron chi connectivity index (χ4n) is 1.80. The number of hydrogen-bond acceptors (Lipinski definition) is 5. The SMILES string of the molecule is O=C1OCCOC(=O)c2ccc1cc2C1CO1. The molecule has 1 unspecified atom stereocenters. The Labute approximate surface area is 97.3 Å². The molecular formula is C12H10O5. The molecule has 88 valence electrons. The molecule has 1 fully saturated rings. The van der Waals surface area contributed by atoms with Crippen molar-refractivity contribution in [3.8, 4) is 0 Å². The summed E-state index contributed by atoms with van der Waals surface area (Å²) in [5, 5.41) is 0. The van der Waals surface area contributed by atoms with Gasteiger partial charge in [0.25, 0.3) is 0 Å². The number of carbonyl (C=O) groups excluding carboxylic acids is 2. The zero-order chi connectivity index (χ0) is 11.8. The summed E-state index contributed by atoms with van der Waals surface area (Å²) in [6.07, 6.45) is -0.107. The van der Waals surface area contributed by atoms with Gasteiger partial charge in [-0.15, -0.1) is 0 Å². The van der Waals surface area contributed by atoms with Crippen molar-refractivity contribution in [2.24, 2.45) is 0 Å². The fraction of sp³-hybridized carbons (Fsp3) is 0.333. The highest BCUT2D eigenvalue weighted by atomic mass is 16.6. The molecule has 1 saturated heterocycles. The molecule has 1 aromatic rings. The molecule has 0 saturated carbocycles. The number of esters is 2. The summed E-state index contributed by atoms with van der Waals surface area (Å²) >= 11 is 0. The first-order valence-electron chi connectivity index (χ1n) is 5.35. The van der Waals surface area contributed by atoms with Crippen LogP contribution in [-0.2, 0) is 14.2 Å². The Morgan fingerprint density at radius 3 is 2.47 bits per heavy atom. The summed E-state index contributed by atoms with van der Waals surface area (Å²) in [6.45, 7) is 0.727. The monoisotopic (exact) mass is 234 g/mol. The lowest BCUT2D eigenvalue weighted by Gasteiger charge is -2.13. The van der Waals surface area contributed by atoms with Gasteiger partial charge in [-0.2, -0.15) is 0 Å². The van der Waals surface area contributed by atoms with E-state index in [2.05, 4.69) is 0 Å². The maximum atomic E-state index is 11.8. The van der Waals surface area contributed by atoms with Gasteiger partial charge >= 0.3 is 11.9 Å². The number of epoxide rings is 1. The second-order valence-corrected chi connectivity index (χ2v) is 3.90. The van der Waals surface area contributed by atoms with E-state index in [4.69, 9.17) is 14.2 Å². The number of hydrogen-bond donors (Lipinski definition) is 0. The predicted octanol–water partition coefficient (Wildman–Crippen LogP) is 1.09. The maximum absolute atomic E-state index is 11.8. The van der Waals surface area contributed by atoms with Gasteiger partial charge in [-0.05, 0) is 23.8 Å². The van der Waals surface area contributed by atoms with Crippen LogP contribution < -0.4 is 0 Å². The van der Waals surface area contributed by atoms with E-state index < -0.39 is 11.9 Å². The zero-order valence-corrected chi connectivity index (χ0v) is 8.97. The van der Waals surface area contributed by atoms with E-state index in [0.717, 1.165) is 0 Å². The number of benzene rings is 1. The number of ether oxygens (including phenoxy) is 3. The number of rotatable bonds is 1. The normalized spacial score (nSPS) is 22.9.